The summed E-state index contributed by atoms with van der Waals surface area (Å²) in [5.74, 6) is -1.62. The number of aryl methyl sites for hydroxylation is 1. The lowest BCUT2D eigenvalue weighted by atomic mass is 10.1. The zero-order valence-electron chi connectivity index (χ0n) is 18.5. The van der Waals surface area contributed by atoms with Crippen molar-refractivity contribution in [3.63, 3.8) is 0 Å². The molecule has 0 radical (unpaired) electrons. The molecule has 1 aliphatic rings. The van der Waals surface area contributed by atoms with Gasteiger partial charge in [0, 0.05) is 16.7 Å². The average molecular weight is 437 g/mol. The van der Waals surface area contributed by atoms with Crippen molar-refractivity contribution in [1.82, 2.24) is 0 Å². The number of nitrogens with zero attached hydrogens (tertiary/aromatic N) is 2. The zero-order valence-corrected chi connectivity index (χ0v) is 19.3. The Kier molecular flexibility index (Phi) is 6.62. The van der Waals surface area contributed by atoms with Crippen molar-refractivity contribution in [1.29, 1.82) is 0 Å². The van der Waals surface area contributed by atoms with E-state index in [9.17, 15) is 9.90 Å². The molecule has 0 saturated carbocycles. The summed E-state index contributed by atoms with van der Waals surface area (Å²) < 4.78 is 0.896. The summed E-state index contributed by atoms with van der Waals surface area (Å²) in [6.45, 7) is 4.52. The van der Waals surface area contributed by atoms with E-state index in [-0.39, 0.29) is 5.56 Å². The molecule has 1 atom stereocenters. The van der Waals surface area contributed by atoms with E-state index >= 15 is 0 Å². The molecule has 1 unspecified atom stereocenters. The van der Waals surface area contributed by atoms with Crippen LogP contribution < -0.4 is 10.0 Å². The van der Waals surface area contributed by atoms with Gasteiger partial charge in [-0.15, -0.1) is 0 Å². The highest BCUT2D eigenvalue weighted by Crippen LogP contribution is 2.50. The predicted octanol–water partition coefficient (Wildman–Crippen LogP) is 5.11. The van der Waals surface area contributed by atoms with Crippen molar-refractivity contribution >= 4 is 29.1 Å². The standard InChI is InChI=1S/C18H23N2S.C7H6O3/c1-13-9-8-12-17-18(13)19(14(2)20(3,4)5)15-10-6-7-11-16(15)21-17;8-6-4-2-1-3-5(6)7(9)10/h6-12,14H,1-5H3;1-4,8H,(H,9,10)/q+1;/p-1. The number of carboxylic acids is 1. The summed E-state index contributed by atoms with van der Waals surface area (Å²) >= 11 is 1.88. The van der Waals surface area contributed by atoms with E-state index in [1.807, 2.05) is 11.8 Å². The van der Waals surface area contributed by atoms with Crippen LogP contribution in [0.15, 0.2) is 76.5 Å². The minimum absolute atomic E-state index is 0.178. The van der Waals surface area contributed by atoms with Crippen molar-refractivity contribution in [2.24, 2.45) is 0 Å². The van der Waals surface area contributed by atoms with Gasteiger partial charge in [0.05, 0.1) is 38.1 Å². The van der Waals surface area contributed by atoms with Gasteiger partial charge in [-0.3, -0.25) is 4.90 Å². The van der Waals surface area contributed by atoms with Crippen molar-refractivity contribution in [2.75, 3.05) is 26.0 Å². The van der Waals surface area contributed by atoms with Gasteiger partial charge in [-0.05, 0) is 36.8 Å². The molecule has 0 saturated heterocycles. The van der Waals surface area contributed by atoms with Crippen LogP contribution in [0.5, 0.6) is 5.75 Å². The number of rotatable bonds is 3. The summed E-state index contributed by atoms with van der Waals surface area (Å²) in [7, 11) is 6.77. The van der Waals surface area contributed by atoms with E-state index in [1.54, 1.807) is 0 Å². The fraction of sp³-hybridized carbons (Fsp3) is 0.240. The van der Waals surface area contributed by atoms with Gasteiger partial charge in [0.1, 0.15) is 0 Å². The third-order valence-corrected chi connectivity index (χ3v) is 6.51. The number of hydrogen-bond acceptors (Lipinski definition) is 4. The van der Waals surface area contributed by atoms with Crippen LogP contribution >= 0.6 is 11.8 Å². The minimum atomic E-state index is -1.18. The highest BCUT2D eigenvalue weighted by molar-refractivity contribution is 7.99. The molecule has 1 heterocycles. The minimum Gasteiger partial charge on any atom is -0.872 e. The fourth-order valence-corrected chi connectivity index (χ4v) is 4.54. The third kappa shape index (κ3) is 4.86. The molecule has 3 aromatic rings. The third-order valence-electron chi connectivity index (χ3n) is 5.40. The van der Waals surface area contributed by atoms with Crippen LogP contribution in [0.25, 0.3) is 0 Å². The maximum Gasteiger partial charge on any atom is 0.335 e. The van der Waals surface area contributed by atoms with Gasteiger partial charge < -0.3 is 14.7 Å². The molecule has 5 nitrogen and oxygen atoms in total. The van der Waals surface area contributed by atoms with Crippen LogP contribution in [0.1, 0.15) is 22.8 Å². The second kappa shape index (κ2) is 9.04. The predicted molar refractivity (Wildman–Crippen MR) is 124 cm³/mol. The molecule has 3 aromatic carbocycles. The molecule has 0 fully saturated rings. The van der Waals surface area contributed by atoms with Crippen molar-refractivity contribution in [3.8, 4) is 5.75 Å². The summed E-state index contributed by atoms with van der Waals surface area (Å²) in [6, 6.07) is 20.9. The van der Waals surface area contributed by atoms with Gasteiger partial charge in [-0.25, -0.2) is 4.79 Å². The second-order valence-electron chi connectivity index (χ2n) is 8.41. The van der Waals surface area contributed by atoms with Crippen LogP contribution in [-0.4, -0.2) is 42.9 Å². The Morgan fingerprint density at radius 2 is 1.58 bits per heavy atom. The molecule has 0 aliphatic carbocycles. The second-order valence-corrected chi connectivity index (χ2v) is 9.49. The fourth-order valence-electron chi connectivity index (χ4n) is 3.38. The van der Waals surface area contributed by atoms with Crippen LogP contribution in [-0.2, 0) is 0 Å². The van der Waals surface area contributed by atoms with E-state index in [4.69, 9.17) is 5.11 Å². The van der Waals surface area contributed by atoms with Crippen LogP contribution in [0.3, 0.4) is 0 Å². The first-order valence-corrected chi connectivity index (χ1v) is 10.9. The molecule has 162 valence electrons. The van der Waals surface area contributed by atoms with Gasteiger partial charge >= 0.3 is 5.97 Å². The summed E-state index contributed by atoms with van der Waals surface area (Å²) in [4.78, 5) is 15.4. The Bertz CT molecular complexity index is 1090. The lowest BCUT2D eigenvalue weighted by molar-refractivity contribution is -0.892. The van der Waals surface area contributed by atoms with Crippen LogP contribution in [0.2, 0.25) is 0 Å². The van der Waals surface area contributed by atoms with E-state index in [2.05, 4.69) is 82.4 Å². The van der Waals surface area contributed by atoms with Crippen LogP contribution in [0, 0.1) is 6.92 Å². The van der Waals surface area contributed by atoms with E-state index in [1.165, 1.54) is 51.0 Å². The molecule has 0 amide bonds. The lowest BCUT2D eigenvalue weighted by Crippen LogP contribution is -2.52. The highest BCUT2D eigenvalue weighted by atomic mass is 32.2. The molecule has 6 heteroatoms. The maximum absolute atomic E-state index is 10.7. The Hall–Kier alpha value is -2.96. The molecule has 0 aromatic heterocycles. The van der Waals surface area contributed by atoms with Crippen LogP contribution in [0.4, 0.5) is 11.4 Å². The van der Waals surface area contributed by atoms with Gasteiger partial charge in [-0.1, -0.05) is 60.0 Å². The summed E-state index contributed by atoms with van der Waals surface area (Å²) in [5.41, 5.74) is 3.85. The van der Waals surface area contributed by atoms with E-state index in [0.29, 0.717) is 6.17 Å². The van der Waals surface area contributed by atoms with E-state index < -0.39 is 11.7 Å². The first kappa shape index (κ1) is 22.7. The molecule has 0 spiro atoms. The Balaban J connectivity index is 0.000000229. The van der Waals surface area contributed by atoms with Crippen molar-refractivity contribution in [3.05, 3.63) is 77.9 Å². The summed E-state index contributed by atoms with van der Waals surface area (Å²) in [6.07, 6.45) is 0.367. The number of benzene rings is 3. The lowest BCUT2D eigenvalue weighted by Gasteiger charge is -2.43. The van der Waals surface area contributed by atoms with Crippen molar-refractivity contribution < 1.29 is 19.5 Å². The molecular weight excluding hydrogens is 408 g/mol. The van der Waals surface area contributed by atoms with Gasteiger partial charge in [-0.2, -0.15) is 0 Å². The first-order valence-electron chi connectivity index (χ1n) is 10.1. The monoisotopic (exact) mass is 436 g/mol. The normalized spacial score (nSPS) is 13.4. The zero-order chi connectivity index (χ0) is 22.8. The highest BCUT2D eigenvalue weighted by Gasteiger charge is 2.34. The Labute approximate surface area is 188 Å². The van der Waals surface area contributed by atoms with Gasteiger partial charge in [0.15, 0.2) is 6.17 Å². The number of quaternary nitrogens is 1. The number of para-hydroxylation sites is 3. The SMILES string of the molecule is Cc1cccc2c1N(C(C)[N+](C)(C)C)c1ccccc1S2.O=C(O)c1ccccc1[O-]. The quantitative estimate of drug-likeness (QED) is 0.578. The Morgan fingerprint density at radius 1 is 0.968 bits per heavy atom. The maximum atomic E-state index is 10.7. The first-order chi connectivity index (χ1) is 14.6. The molecule has 0 bridgehead atoms. The topological polar surface area (TPSA) is 63.6 Å². The smallest absolute Gasteiger partial charge is 0.335 e. The molecule has 1 aliphatic heterocycles. The van der Waals surface area contributed by atoms with Gasteiger partial charge in [0.2, 0.25) is 0 Å². The largest absolute Gasteiger partial charge is 0.872 e. The summed E-state index contributed by atoms with van der Waals surface area (Å²) in [5, 5.41) is 19.0. The molecule has 31 heavy (non-hydrogen) atoms. The number of fused-ring (bicyclic) bond motifs is 2. The molecule has 4 rings (SSSR count). The number of aromatic carboxylic acids is 1. The number of carbonyl (C=O) groups is 1. The number of hydrogen-bond donors (Lipinski definition) is 1. The van der Waals surface area contributed by atoms with Crippen molar-refractivity contribution in [2.45, 2.75) is 29.8 Å². The number of carboxylic acid groups (broad SMARTS) is 1. The molecule has 1 N–H and O–H groups in total. The van der Waals surface area contributed by atoms with Gasteiger partial charge in [0.25, 0.3) is 0 Å². The average Bonchev–Trinajstić information content (AvgIpc) is 2.72. The molecular formula is C25H28N2O3S. The van der Waals surface area contributed by atoms with E-state index in [0.717, 1.165) is 4.48 Å². The number of anilines is 2. The Morgan fingerprint density at radius 3 is 2.19 bits per heavy atom.